The summed E-state index contributed by atoms with van der Waals surface area (Å²) in [6.45, 7) is 4.20. The van der Waals surface area contributed by atoms with Gasteiger partial charge in [-0.2, -0.15) is 0 Å². The highest BCUT2D eigenvalue weighted by molar-refractivity contribution is 5.68. The van der Waals surface area contributed by atoms with Crippen molar-refractivity contribution in [3.05, 3.63) is 12.2 Å². The Bertz CT molecular complexity index is 125. The predicted octanol–water partition coefficient (Wildman–Crippen LogP) is 2.06. The molecule has 0 rings (SSSR count). The van der Waals surface area contributed by atoms with Gasteiger partial charge in [-0.3, -0.25) is 4.79 Å². The van der Waals surface area contributed by atoms with E-state index < -0.39 is 5.97 Å². The first-order valence-electron chi connectivity index (χ1n) is 3.49. The van der Waals surface area contributed by atoms with Crippen LogP contribution in [0.3, 0.4) is 0 Å². The molecule has 10 heavy (non-hydrogen) atoms. The summed E-state index contributed by atoms with van der Waals surface area (Å²) in [5.74, 6) is -0.148. The molecule has 0 aliphatic carbocycles. The summed E-state index contributed by atoms with van der Waals surface area (Å²) in [7, 11) is 0. The molecule has 58 valence electrons. The first-order chi connectivity index (χ1) is 4.63. The van der Waals surface area contributed by atoms with Gasteiger partial charge in [0.05, 0.1) is 6.42 Å². The number of rotatable bonds is 4. The normalized spacial score (nSPS) is 11.1. The van der Waals surface area contributed by atoms with Gasteiger partial charge in [-0.15, -0.1) is 0 Å². The first kappa shape index (κ1) is 9.21. The molecule has 0 aliphatic heterocycles. The zero-order valence-electron chi connectivity index (χ0n) is 6.50. The SMILES string of the molecule is CC(C)CC=CCC(=O)O. The smallest absolute Gasteiger partial charge is 0.307 e. The summed E-state index contributed by atoms with van der Waals surface area (Å²) < 4.78 is 0. The lowest BCUT2D eigenvalue weighted by atomic mass is 10.1. The zero-order valence-corrected chi connectivity index (χ0v) is 6.50. The fraction of sp³-hybridized carbons (Fsp3) is 0.625. The molecule has 0 aromatic heterocycles. The van der Waals surface area contributed by atoms with Crippen molar-refractivity contribution >= 4 is 5.97 Å². The molecule has 0 radical (unpaired) electrons. The molecule has 0 amide bonds. The van der Waals surface area contributed by atoms with Crippen LogP contribution in [0, 0.1) is 5.92 Å². The maximum Gasteiger partial charge on any atom is 0.307 e. The van der Waals surface area contributed by atoms with Gasteiger partial charge in [0.1, 0.15) is 0 Å². The first-order valence-corrected chi connectivity index (χ1v) is 3.49. The zero-order chi connectivity index (χ0) is 7.98. The molecule has 0 saturated carbocycles. The van der Waals surface area contributed by atoms with E-state index in [1.165, 1.54) is 0 Å². The monoisotopic (exact) mass is 142 g/mol. The van der Waals surface area contributed by atoms with Crippen LogP contribution in [0.15, 0.2) is 12.2 Å². The van der Waals surface area contributed by atoms with Crippen molar-refractivity contribution in [2.45, 2.75) is 26.7 Å². The fourth-order valence-electron chi connectivity index (χ4n) is 0.553. The molecule has 0 heterocycles. The highest BCUT2D eigenvalue weighted by Crippen LogP contribution is 2.00. The van der Waals surface area contributed by atoms with Gasteiger partial charge in [0.25, 0.3) is 0 Å². The van der Waals surface area contributed by atoms with Crippen molar-refractivity contribution in [2.24, 2.45) is 5.92 Å². The summed E-state index contributed by atoms with van der Waals surface area (Å²) in [6, 6.07) is 0. The summed E-state index contributed by atoms with van der Waals surface area (Å²) >= 11 is 0. The van der Waals surface area contributed by atoms with Crippen molar-refractivity contribution < 1.29 is 9.90 Å². The summed E-state index contributed by atoms with van der Waals surface area (Å²) in [5.41, 5.74) is 0. The second-order valence-corrected chi connectivity index (χ2v) is 2.70. The Kier molecular flexibility index (Phi) is 4.63. The second-order valence-electron chi connectivity index (χ2n) is 2.70. The Labute approximate surface area is 61.6 Å². The van der Waals surface area contributed by atoms with Gasteiger partial charge in [-0.05, 0) is 12.3 Å². The average Bonchev–Trinajstić information content (AvgIpc) is 1.79. The number of allylic oxidation sites excluding steroid dienone is 1. The van der Waals surface area contributed by atoms with Gasteiger partial charge >= 0.3 is 5.97 Å². The van der Waals surface area contributed by atoms with Gasteiger partial charge in [0, 0.05) is 0 Å². The van der Waals surface area contributed by atoms with Crippen molar-refractivity contribution in [3.63, 3.8) is 0 Å². The largest absolute Gasteiger partial charge is 0.481 e. The highest BCUT2D eigenvalue weighted by Gasteiger charge is 1.90. The van der Waals surface area contributed by atoms with Gasteiger partial charge in [0.2, 0.25) is 0 Å². The number of hydrogen-bond donors (Lipinski definition) is 1. The van der Waals surface area contributed by atoms with Crippen molar-refractivity contribution in [2.75, 3.05) is 0 Å². The van der Waals surface area contributed by atoms with Crippen molar-refractivity contribution in [1.29, 1.82) is 0 Å². The van der Waals surface area contributed by atoms with Crippen molar-refractivity contribution in [3.8, 4) is 0 Å². The van der Waals surface area contributed by atoms with Crippen LogP contribution in [0.4, 0.5) is 0 Å². The number of hydrogen-bond acceptors (Lipinski definition) is 1. The van der Waals surface area contributed by atoms with E-state index in [0.29, 0.717) is 5.92 Å². The maximum absolute atomic E-state index is 9.99. The van der Waals surface area contributed by atoms with Gasteiger partial charge in [-0.1, -0.05) is 26.0 Å². The molecule has 0 aliphatic rings. The number of carbonyl (C=O) groups is 1. The third-order valence-corrected chi connectivity index (χ3v) is 1.07. The molecule has 0 saturated heterocycles. The Morgan fingerprint density at radius 3 is 2.50 bits per heavy atom. The minimum absolute atomic E-state index is 0.146. The number of aliphatic carboxylic acids is 1. The topological polar surface area (TPSA) is 37.3 Å². The molecular formula is C8H14O2. The molecule has 0 aromatic carbocycles. The van der Waals surface area contributed by atoms with E-state index in [2.05, 4.69) is 13.8 Å². The van der Waals surface area contributed by atoms with E-state index in [0.717, 1.165) is 6.42 Å². The lowest BCUT2D eigenvalue weighted by Gasteiger charge is -1.94. The molecular weight excluding hydrogens is 128 g/mol. The number of carboxylic acid groups (broad SMARTS) is 1. The second kappa shape index (κ2) is 5.03. The van der Waals surface area contributed by atoms with Gasteiger partial charge < -0.3 is 5.11 Å². The molecule has 0 atom stereocenters. The van der Waals surface area contributed by atoms with E-state index in [1.54, 1.807) is 6.08 Å². The quantitative estimate of drug-likeness (QED) is 0.610. The molecule has 0 unspecified atom stereocenters. The third-order valence-electron chi connectivity index (χ3n) is 1.07. The van der Waals surface area contributed by atoms with Crippen LogP contribution < -0.4 is 0 Å². The van der Waals surface area contributed by atoms with Crippen LogP contribution in [0.1, 0.15) is 26.7 Å². The number of carboxylic acids is 1. The Hall–Kier alpha value is -0.790. The van der Waals surface area contributed by atoms with Crippen LogP contribution in [-0.2, 0) is 4.79 Å². The fourth-order valence-corrected chi connectivity index (χ4v) is 0.553. The van der Waals surface area contributed by atoms with E-state index in [1.807, 2.05) is 6.08 Å². The Balaban J connectivity index is 3.29. The lowest BCUT2D eigenvalue weighted by Crippen LogP contribution is -1.90. The molecule has 2 nitrogen and oxygen atoms in total. The lowest BCUT2D eigenvalue weighted by molar-refractivity contribution is -0.136. The minimum Gasteiger partial charge on any atom is -0.481 e. The third kappa shape index (κ3) is 7.21. The van der Waals surface area contributed by atoms with Gasteiger partial charge in [-0.25, -0.2) is 0 Å². The molecule has 0 spiro atoms. The van der Waals surface area contributed by atoms with Crippen molar-refractivity contribution in [1.82, 2.24) is 0 Å². The Morgan fingerprint density at radius 1 is 1.50 bits per heavy atom. The highest BCUT2D eigenvalue weighted by atomic mass is 16.4. The predicted molar refractivity (Wildman–Crippen MR) is 40.8 cm³/mol. The van der Waals surface area contributed by atoms with E-state index >= 15 is 0 Å². The Morgan fingerprint density at radius 2 is 2.10 bits per heavy atom. The van der Waals surface area contributed by atoms with Crippen LogP contribution >= 0.6 is 0 Å². The van der Waals surface area contributed by atoms with Gasteiger partial charge in [0.15, 0.2) is 0 Å². The van der Waals surface area contributed by atoms with E-state index in [-0.39, 0.29) is 6.42 Å². The molecule has 2 heteroatoms. The molecule has 0 aromatic rings. The van der Waals surface area contributed by atoms with E-state index in [4.69, 9.17) is 5.11 Å². The standard InChI is InChI=1S/C8H14O2/c1-7(2)5-3-4-6-8(9)10/h3-4,7H,5-6H2,1-2H3,(H,9,10). The molecule has 0 fully saturated rings. The molecule has 0 bridgehead atoms. The van der Waals surface area contributed by atoms with Crippen LogP contribution in [0.5, 0.6) is 0 Å². The summed E-state index contributed by atoms with van der Waals surface area (Å²) in [5, 5.41) is 8.23. The maximum atomic E-state index is 9.99. The minimum atomic E-state index is -0.764. The molecule has 1 N–H and O–H groups in total. The average molecular weight is 142 g/mol. The summed E-state index contributed by atoms with van der Waals surface area (Å²) in [6.07, 6.45) is 4.72. The van der Waals surface area contributed by atoms with Crippen LogP contribution in [0.25, 0.3) is 0 Å². The van der Waals surface area contributed by atoms with E-state index in [9.17, 15) is 4.79 Å². The summed E-state index contributed by atoms with van der Waals surface area (Å²) in [4.78, 5) is 9.99. The van der Waals surface area contributed by atoms with Crippen LogP contribution in [0.2, 0.25) is 0 Å². The van der Waals surface area contributed by atoms with Crippen LogP contribution in [-0.4, -0.2) is 11.1 Å².